The molecule has 1 amide bonds. The van der Waals surface area contributed by atoms with Gasteiger partial charge in [0.15, 0.2) is 5.60 Å². The van der Waals surface area contributed by atoms with Crippen LogP contribution in [0.15, 0.2) is 59.7 Å². The number of amides is 1. The number of nitrogens with one attached hydrogen (secondary N) is 1. The number of nitrogens with zero attached hydrogens (tertiary/aromatic N) is 3. The number of hydrogen-bond acceptors (Lipinski definition) is 7. The zero-order chi connectivity index (χ0) is 23.9. The predicted octanol–water partition coefficient (Wildman–Crippen LogP) is 3.85. The summed E-state index contributed by atoms with van der Waals surface area (Å²) in [5, 5.41) is 6.25. The van der Waals surface area contributed by atoms with Crippen molar-refractivity contribution in [3.8, 4) is 11.5 Å². The molecule has 0 fully saturated rings. The molecule has 0 unspecified atom stereocenters. The van der Waals surface area contributed by atoms with Crippen molar-refractivity contribution in [3.05, 3.63) is 92.9 Å². The summed E-state index contributed by atoms with van der Waals surface area (Å²) in [5.74, 6) is 0.0439. The molecule has 0 atom stereocenters. The third kappa shape index (κ3) is 3.25. The molecule has 0 saturated carbocycles. The number of nitrogens with two attached hydrogens (primary N) is 2. The minimum Gasteiger partial charge on any atom is -0.456 e. The fourth-order valence-electron chi connectivity index (χ4n) is 4.39. The molecule has 0 radical (unpaired) electrons. The Labute approximate surface area is 194 Å². The van der Waals surface area contributed by atoms with E-state index in [0.29, 0.717) is 63.7 Å². The van der Waals surface area contributed by atoms with Crippen LogP contribution in [0.25, 0.3) is 10.4 Å². The molecule has 2 aliphatic rings. The smallest absolute Gasteiger partial charge is 0.340 e. The fraction of sp³-hybridized carbons (Fsp3) is 0.167. The minimum atomic E-state index is -1.32. The Morgan fingerprint density at radius 2 is 1.68 bits per heavy atom. The standard InChI is InChI=1S/C24H20N6O4/c25-14-3-6-17-20(11-14)33-21-12-15(26)4-7-18(21)24(17)19-10-13(2-5-16(19)23(32)34-24)22(31)28-8-1-9-29-30-27/h2-7,10-12H,1,8-9,25-26H2,(H,28,31). The Morgan fingerprint density at radius 3 is 2.32 bits per heavy atom. The average molecular weight is 456 g/mol. The first-order chi connectivity index (χ1) is 16.4. The van der Waals surface area contributed by atoms with E-state index >= 15 is 0 Å². The lowest BCUT2D eigenvalue weighted by molar-refractivity contribution is 0.0224. The first kappa shape index (κ1) is 21.2. The van der Waals surface area contributed by atoms with Gasteiger partial charge in [-0.3, -0.25) is 4.79 Å². The molecule has 5 N–H and O–H groups in total. The summed E-state index contributed by atoms with van der Waals surface area (Å²) in [6.07, 6.45) is 0.507. The Bertz CT molecular complexity index is 1340. The second-order valence-electron chi connectivity index (χ2n) is 8.01. The van der Waals surface area contributed by atoms with Crippen LogP contribution >= 0.6 is 0 Å². The van der Waals surface area contributed by atoms with Crippen molar-refractivity contribution in [1.82, 2.24) is 5.32 Å². The normalized spacial score (nSPS) is 14.2. The lowest BCUT2D eigenvalue weighted by Crippen LogP contribution is -2.33. The maximum atomic E-state index is 13.0. The van der Waals surface area contributed by atoms with E-state index in [-0.39, 0.29) is 12.5 Å². The maximum absolute atomic E-state index is 13.0. The van der Waals surface area contributed by atoms with Crippen molar-refractivity contribution in [3.63, 3.8) is 0 Å². The van der Waals surface area contributed by atoms with Gasteiger partial charge in [0.1, 0.15) is 11.5 Å². The second-order valence-corrected chi connectivity index (χ2v) is 8.01. The van der Waals surface area contributed by atoms with Crippen LogP contribution in [0.1, 0.15) is 43.8 Å². The highest BCUT2D eigenvalue weighted by atomic mass is 16.6. The van der Waals surface area contributed by atoms with Gasteiger partial charge < -0.3 is 26.3 Å². The number of anilines is 2. The Morgan fingerprint density at radius 1 is 1.00 bits per heavy atom. The lowest BCUT2D eigenvalue weighted by atomic mass is 9.77. The van der Waals surface area contributed by atoms with Crippen LogP contribution in [0.2, 0.25) is 0 Å². The van der Waals surface area contributed by atoms with Crippen molar-refractivity contribution in [2.24, 2.45) is 5.11 Å². The third-order valence-electron chi connectivity index (χ3n) is 5.90. The molecule has 10 nitrogen and oxygen atoms in total. The first-order valence-corrected chi connectivity index (χ1v) is 10.6. The topological polar surface area (TPSA) is 165 Å². The largest absolute Gasteiger partial charge is 0.456 e. The highest BCUT2D eigenvalue weighted by molar-refractivity contribution is 6.00. The van der Waals surface area contributed by atoms with Gasteiger partial charge in [-0.2, -0.15) is 0 Å². The molecule has 3 aromatic carbocycles. The summed E-state index contributed by atoms with van der Waals surface area (Å²) in [4.78, 5) is 28.5. The van der Waals surface area contributed by atoms with Crippen LogP contribution in [-0.4, -0.2) is 25.0 Å². The van der Waals surface area contributed by atoms with E-state index < -0.39 is 11.6 Å². The van der Waals surface area contributed by atoms with Crippen LogP contribution in [0.5, 0.6) is 11.5 Å². The maximum Gasteiger partial charge on any atom is 0.340 e. The minimum absolute atomic E-state index is 0.284. The molecule has 0 aliphatic carbocycles. The van der Waals surface area contributed by atoms with E-state index in [1.54, 1.807) is 54.6 Å². The highest BCUT2D eigenvalue weighted by Crippen LogP contribution is 2.56. The molecule has 2 heterocycles. The molecule has 5 rings (SSSR count). The van der Waals surface area contributed by atoms with E-state index in [0.717, 1.165) is 0 Å². The Hall–Kier alpha value is -4.69. The number of ether oxygens (including phenoxy) is 2. The Balaban J connectivity index is 1.63. The second kappa shape index (κ2) is 8.02. The third-order valence-corrected chi connectivity index (χ3v) is 5.90. The molecule has 170 valence electrons. The quantitative estimate of drug-likeness (QED) is 0.132. The molecule has 0 saturated heterocycles. The van der Waals surface area contributed by atoms with E-state index in [1.807, 2.05) is 0 Å². The van der Waals surface area contributed by atoms with Crippen LogP contribution in [0.4, 0.5) is 11.4 Å². The number of hydrogen-bond donors (Lipinski definition) is 3. The summed E-state index contributed by atoms with van der Waals surface area (Å²) in [7, 11) is 0. The van der Waals surface area contributed by atoms with Crippen molar-refractivity contribution >= 4 is 23.3 Å². The summed E-state index contributed by atoms with van der Waals surface area (Å²) in [6.45, 7) is 0.625. The summed E-state index contributed by atoms with van der Waals surface area (Å²) in [6, 6.07) is 15.1. The van der Waals surface area contributed by atoms with Crippen LogP contribution in [0, 0.1) is 0 Å². The number of fused-ring (bicyclic) bond motifs is 6. The lowest BCUT2D eigenvalue weighted by Gasteiger charge is -2.36. The molecule has 1 spiro atoms. The molecular formula is C24H20N6O4. The van der Waals surface area contributed by atoms with Gasteiger partial charge in [0.2, 0.25) is 0 Å². The first-order valence-electron chi connectivity index (χ1n) is 10.6. The van der Waals surface area contributed by atoms with Crippen LogP contribution in [0.3, 0.4) is 0 Å². The Kier molecular flexibility index (Phi) is 4.99. The number of azide groups is 1. The van der Waals surface area contributed by atoms with E-state index in [2.05, 4.69) is 15.3 Å². The molecule has 0 bridgehead atoms. The van der Waals surface area contributed by atoms with Gasteiger partial charge in [-0.1, -0.05) is 5.11 Å². The predicted molar refractivity (Wildman–Crippen MR) is 124 cm³/mol. The fourth-order valence-corrected chi connectivity index (χ4v) is 4.39. The summed E-state index contributed by atoms with van der Waals surface area (Å²) < 4.78 is 12.1. The number of carbonyl (C=O) groups is 2. The SMILES string of the molecule is [N-]=[N+]=NCCCNC(=O)c1ccc2c(c1)C1(OC2=O)c2ccc(N)cc2Oc2cc(N)ccc21. The zero-order valence-corrected chi connectivity index (χ0v) is 17.9. The van der Waals surface area contributed by atoms with Crippen molar-refractivity contribution in [2.75, 3.05) is 24.6 Å². The van der Waals surface area contributed by atoms with Gasteiger partial charge in [0, 0.05) is 63.8 Å². The van der Waals surface area contributed by atoms with E-state index in [9.17, 15) is 9.59 Å². The average Bonchev–Trinajstić information content (AvgIpc) is 3.10. The van der Waals surface area contributed by atoms with Gasteiger partial charge in [0.25, 0.3) is 5.91 Å². The van der Waals surface area contributed by atoms with Crippen LogP contribution < -0.4 is 21.5 Å². The number of nitrogen functional groups attached to an aromatic ring is 2. The number of carbonyl (C=O) groups excluding carboxylic acids is 2. The van der Waals surface area contributed by atoms with Gasteiger partial charge >= 0.3 is 5.97 Å². The molecule has 34 heavy (non-hydrogen) atoms. The van der Waals surface area contributed by atoms with Gasteiger partial charge in [-0.15, -0.1) is 0 Å². The van der Waals surface area contributed by atoms with Crippen molar-refractivity contribution in [2.45, 2.75) is 12.0 Å². The van der Waals surface area contributed by atoms with Crippen molar-refractivity contribution in [1.29, 1.82) is 0 Å². The highest BCUT2D eigenvalue weighted by Gasteiger charge is 2.53. The molecule has 10 heteroatoms. The molecular weight excluding hydrogens is 436 g/mol. The summed E-state index contributed by atoms with van der Waals surface area (Å²) in [5.41, 5.74) is 22.4. The van der Waals surface area contributed by atoms with Crippen molar-refractivity contribution < 1.29 is 19.1 Å². The number of esters is 1. The van der Waals surface area contributed by atoms with E-state index in [1.165, 1.54) is 0 Å². The van der Waals surface area contributed by atoms with Gasteiger partial charge in [-0.25, -0.2) is 4.79 Å². The molecule has 0 aromatic heterocycles. The van der Waals surface area contributed by atoms with E-state index in [4.69, 9.17) is 26.5 Å². The van der Waals surface area contributed by atoms with Gasteiger partial charge in [0.05, 0.1) is 5.56 Å². The molecule has 3 aromatic rings. The van der Waals surface area contributed by atoms with Crippen LogP contribution in [-0.2, 0) is 10.3 Å². The monoisotopic (exact) mass is 456 g/mol. The number of benzene rings is 3. The summed E-state index contributed by atoms with van der Waals surface area (Å²) >= 11 is 0. The molecule has 2 aliphatic heterocycles. The zero-order valence-electron chi connectivity index (χ0n) is 17.9. The van der Waals surface area contributed by atoms with Gasteiger partial charge in [-0.05, 0) is 54.4 Å². The number of rotatable bonds is 5.